The van der Waals surface area contributed by atoms with Crippen LogP contribution in [0.3, 0.4) is 0 Å². The van der Waals surface area contributed by atoms with Crippen LogP contribution in [0.2, 0.25) is 0 Å². The Kier molecular flexibility index (Phi) is 75.7. The molecule has 0 fully saturated rings. The number of hydrogen-bond acceptors (Lipinski definition) is 5. The van der Waals surface area contributed by atoms with Crippen molar-refractivity contribution < 1.29 is 24.2 Å². The molecule has 0 saturated heterocycles. The fourth-order valence-corrected chi connectivity index (χ4v) is 12.9. The number of hydrogen-bond donors (Lipinski definition) is 1. The first-order valence-corrected chi connectivity index (χ1v) is 39.7. The molecule has 0 aromatic carbocycles. The Morgan fingerprint density at radius 3 is 0.635 bits per heavy atom. The van der Waals surface area contributed by atoms with Gasteiger partial charge in [0.2, 0.25) is 0 Å². The smallest absolute Gasteiger partial charge is 0.306 e. The van der Waals surface area contributed by atoms with Crippen LogP contribution in [0.25, 0.3) is 0 Å². The Morgan fingerprint density at radius 1 is 0.259 bits per heavy atom. The molecule has 506 valence electrons. The molecule has 0 rings (SSSR count). The molecule has 5 heteroatoms. The van der Waals surface area contributed by atoms with Crippen molar-refractivity contribution in [1.29, 1.82) is 0 Å². The minimum Gasteiger partial charge on any atom is -0.462 e. The number of allylic oxidation sites excluding steroid dienone is 2. The monoisotopic (exact) mass is 1200 g/mol. The second-order valence-corrected chi connectivity index (χ2v) is 27.5. The van der Waals surface area contributed by atoms with E-state index in [4.69, 9.17) is 9.47 Å². The number of unbranched alkanes of at least 4 members (excludes halogenated alkanes) is 66. The molecular formula is C80H156O5. The minimum absolute atomic E-state index is 0.0560. The van der Waals surface area contributed by atoms with E-state index in [0.717, 1.165) is 32.1 Å². The Morgan fingerprint density at radius 2 is 0.435 bits per heavy atom. The van der Waals surface area contributed by atoms with Gasteiger partial charge in [0.1, 0.15) is 6.61 Å². The summed E-state index contributed by atoms with van der Waals surface area (Å²) in [6.45, 7) is 4.23. The molecule has 0 radical (unpaired) electrons. The first kappa shape index (κ1) is 83.6. The van der Waals surface area contributed by atoms with E-state index in [-0.39, 0.29) is 25.2 Å². The summed E-state index contributed by atoms with van der Waals surface area (Å²) in [6.07, 6.45) is 100. The number of esters is 2. The van der Waals surface area contributed by atoms with E-state index in [1.807, 2.05) is 0 Å². The van der Waals surface area contributed by atoms with Gasteiger partial charge in [-0.05, 0) is 38.5 Å². The average Bonchev–Trinajstić information content (AvgIpc) is 3.52. The predicted molar refractivity (Wildman–Crippen MR) is 376 cm³/mol. The lowest BCUT2D eigenvalue weighted by molar-refractivity contribution is -0.161. The van der Waals surface area contributed by atoms with E-state index >= 15 is 0 Å². The molecule has 0 aliphatic heterocycles. The molecule has 5 nitrogen and oxygen atoms in total. The summed E-state index contributed by atoms with van der Waals surface area (Å²) < 4.78 is 10.8. The number of aliphatic hydroxyl groups excluding tert-OH is 1. The van der Waals surface area contributed by atoms with Crippen molar-refractivity contribution in [3.63, 3.8) is 0 Å². The summed E-state index contributed by atoms with van der Waals surface area (Å²) in [5.41, 5.74) is 0. The molecule has 0 aromatic rings. The van der Waals surface area contributed by atoms with E-state index in [1.54, 1.807) is 0 Å². The number of carbonyl (C=O) groups excluding carboxylic acids is 2. The van der Waals surface area contributed by atoms with Crippen molar-refractivity contribution in [2.75, 3.05) is 13.2 Å². The number of ether oxygens (including phenoxy) is 2. The van der Waals surface area contributed by atoms with Crippen molar-refractivity contribution >= 4 is 11.9 Å². The molecule has 1 unspecified atom stereocenters. The number of rotatable bonds is 76. The van der Waals surface area contributed by atoms with Crippen LogP contribution in [0, 0.1) is 0 Å². The summed E-state index contributed by atoms with van der Waals surface area (Å²) >= 11 is 0. The normalized spacial score (nSPS) is 12.1. The maximum Gasteiger partial charge on any atom is 0.306 e. The van der Waals surface area contributed by atoms with Crippen molar-refractivity contribution in [3.05, 3.63) is 12.2 Å². The maximum atomic E-state index is 12.4. The molecule has 0 bridgehead atoms. The fourth-order valence-electron chi connectivity index (χ4n) is 12.9. The zero-order valence-electron chi connectivity index (χ0n) is 58.4. The lowest BCUT2D eigenvalue weighted by Crippen LogP contribution is -2.28. The molecular weight excluding hydrogens is 1040 g/mol. The van der Waals surface area contributed by atoms with Gasteiger partial charge < -0.3 is 14.6 Å². The summed E-state index contributed by atoms with van der Waals surface area (Å²) in [4.78, 5) is 24.7. The van der Waals surface area contributed by atoms with Crippen LogP contribution >= 0.6 is 0 Å². The Hall–Kier alpha value is -1.36. The average molecular weight is 1200 g/mol. The maximum absolute atomic E-state index is 12.4. The summed E-state index contributed by atoms with van der Waals surface area (Å²) in [5.74, 6) is -0.557. The van der Waals surface area contributed by atoms with Crippen LogP contribution in [0.1, 0.15) is 470 Å². The SMILES string of the molecule is CCCCCCCCCC/C=C\CCCCCCCCCCCCCCCCCCCCCCCCCCCC(=O)OC(CO)COC(=O)CCCCCCCCCCCCCCCCCCCCCCCCCCCCCCCCCCCC. The van der Waals surface area contributed by atoms with Gasteiger partial charge in [0, 0.05) is 12.8 Å². The van der Waals surface area contributed by atoms with Gasteiger partial charge in [0.15, 0.2) is 6.10 Å². The molecule has 0 saturated carbocycles. The zero-order chi connectivity index (χ0) is 61.2. The van der Waals surface area contributed by atoms with Gasteiger partial charge in [0.05, 0.1) is 6.61 Å². The third-order valence-corrected chi connectivity index (χ3v) is 18.8. The van der Waals surface area contributed by atoms with Crippen LogP contribution in [-0.4, -0.2) is 36.4 Å². The quantitative estimate of drug-likeness (QED) is 0.0373. The molecule has 0 aromatic heterocycles. The third kappa shape index (κ3) is 75.0. The van der Waals surface area contributed by atoms with Crippen LogP contribution < -0.4 is 0 Å². The summed E-state index contributed by atoms with van der Waals surface area (Å²) in [5, 5.41) is 9.73. The molecule has 1 N–H and O–H groups in total. The molecule has 0 spiro atoms. The predicted octanol–water partition coefficient (Wildman–Crippen LogP) is 27.7. The van der Waals surface area contributed by atoms with Crippen molar-refractivity contribution in [2.24, 2.45) is 0 Å². The highest BCUT2D eigenvalue weighted by Gasteiger charge is 2.16. The lowest BCUT2D eigenvalue weighted by atomic mass is 10.0. The molecule has 0 amide bonds. The van der Waals surface area contributed by atoms with E-state index in [0.29, 0.717) is 12.8 Å². The highest BCUT2D eigenvalue weighted by atomic mass is 16.6. The topological polar surface area (TPSA) is 72.8 Å². The highest BCUT2D eigenvalue weighted by Crippen LogP contribution is 2.21. The highest BCUT2D eigenvalue weighted by molar-refractivity contribution is 5.70. The van der Waals surface area contributed by atoms with Crippen molar-refractivity contribution in [1.82, 2.24) is 0 Å². The molecule has 0 aliphatic carbocycles. The Bertz CT molecular complexity index is 1260. The van der Waals surface area contributed by atoms with Gasteiger partial charge in [-0.3, -0.25) is 9.59 Å². The molecule has 1 atom stereocenters. The van der Waals surface area contributed by atoms with E-state index < -0.39 is 6.10 Å². The van der Waals surface area contributed by atoms with Crippen LogP contribution in [0.5, 0.6) is 0 Å². The summed E-state index contributed by atoms with van der Waals surface area (Å²) in [6, 6.07) is 0. The Balaban J connectivity index is 3.34. The Labute approximate surface area is 534 Å². The van der Waals surface area contributed by atoms with Gasteiger partial charge in [-0.2, -0.15) is 0 Å². The first-order valence-electron chi connectivity index (χ1n) is 39.7. The van der Waals surface area contributed by atoms with E-state index in [1.165, 1.54) is 411 Å². The third-order valence-electron chi connectivity index (χ3n) is 18.8. The van der Waals surface area contributed by atoms with Crippen LogP contribution in [0.4, 0.5) is 0 Å². The van der Waals surface area contributed by atoms with Gasteiger partial charge in [-0.15, -0.1) is 0 Å². The van der Waals surface area contributed by atoms with Crippen molar-refractivity contribution in [2.45, 2.75) is 476 Å². The van der Waals surface area contributed by atoms with Gasteiger partial charge in [-0.1, -0.05) is 431 Å². The van der Waals surface area contributed by atoms with Gasteiger partial charge >= 0.3 is 11.9 Å². The first-order chi connectivity index (χ1) is 42.1. The molecule has 0 aliphatic rings. The fraction of sp³-hybridized carbons (Fsp3) is 0.950. The second-order valence-electron chi connectivity index (χ2n) is 27.5. The van der Waals surface area contributed by atoms with Gasteiger partial charge in [-0.25, -0.2) is 0 Å². The minimum atomic E-state index is -0.767. The molecule has 0 heterocycles. The number of carbonyl (C=O) groups is 2. The standard InChI is InChI=1S/C80H156O5/c1-3-5-7-9-11-13-15-17-19-21-23-25-27-29-31-33-35-37-39-40-41-43-45-47-49-51-53-55-57-59-61-63-65-67-69-71-73-75-80(83)85-78(76-81)77-84-79(82)74-72-70-68-66-64-62-60-58-56-54-52-50-48-46-44-42-38-36-34-32-30-28-26-24-22-20-18-16-14-12-10-8-6-4-2/h21,23,78,81H,3-20,22,24-77H2,1-2H3/b23-21-. The van der Waals surface area contributed by atoms with Crippen LogP contribution in [-0.2, 0) is 19.1 Å². The summed E-state index contributed by atoms with van der Waals surface area (Å²) in [7, 11) is 0. The molecule has 85 heavy (non-hydrogen) atoms. The van der Waals surface area contributed by atoms with E-state index in [9.17, 15) is 14.7 Å². The van der Waals surface area contributed by atoms with Crippen LogP contribution in [0.15, 0.2) is 12.2 Å². The van der Waals surface area contributed by atoms with E-state index in [2.05, 4.69) is 26.0 Å². The zero-order valence-corrected chi connectivity index (χ0v) is 58.4. The lowest BCUT2D eigenvalue weighted by Gasteiger charge is -2.15. The van der Waals surface area contributed by atoms with Crippen molar-refractivity contribution in [3.8, 4) is 0 Å². The number of aliphatic hydroxyl groups is 1. The van der Waals surface area contributed by atoms with Gasteiger partial charge in [0.25, 0.3) is 0 Å². The largest absolute Gasteiger partial charge is 0.462 e. The second kappa shape index (κ2) is 76.9.